The number of carboxylic acid groups (broad SMARTS) is 1. The minimum atomic E-state index is -1.09. The lowest BCUT2D eigenvalue weighted by atomic mass is 10.1. The number of nitro benzene ring substituents is 1. The summed E-state index contributed by atoms with van der Waals surface area (Å²) in [5.74, 6) is -1.35. The summed E-state index contributed by atoms with van der Waals surface area (Å²) in [5.41, 5.74) is 0.794. The van der Waals surface area contributed by atoms with E-state index in [0.29, 0.717) is 16.9 Å². The molecular formula is C19H17NO8. The topological polar surface area (TPSA) is 125 Å². The van der Waals surface area contributed by atoms with Crippen LogP contribution in [0.2, 0.25) is 0 Å². The predicted octanol–water partition coefficient (Wildman–Crippen LogP) is 3.07. The molecular weight excluding hydrogens is 370 g/mol. The monoisotopic (exact) mass is 387 g/mol. The molecule has 2 aromatic carbocycles. The number of nitro groups is 1. The molecule has 0 aliphatic rings. The molecule has 1 N–H and O–H groups in total. The Morgan fingerprint density at radius 2 is 1.86 bits per heavy atom. The highest BCUT2D eigenvalue weighted by atomic mass is 16.6. The molecule has 0 fully saturated rings. The molecule has 0 unspecified atom stereocenters. The van der Waals surface area contributed by atoms with Gasteiger partial charge in [0.1, 0.15) is 12.4 Å². The first-order chi connectivity index (χ1) is 13.3. The van der Waals surface area contributed by atoms with Crippen LogP contribution in [0.3, 0.4) is 0 Å². The van der Waals surface area contributed by atoms with Crippen LogP contribution in [0.15, 0.2) is 42.5 Å². The molecule has 0 aromatic heterocycles. The molecule has 0 saturated carbocycles. The van der Waals surface area contributed by atoms with Gasteiger partial charge in [-0.1, -0.05) is 6.07 Å². The Kier molecular flexibility index (Phi) is 6.69. The number of rotatable bonds is 8. The molecule has 9 heteroatoms. The summed E-state index contributed by atoms with van der Waals surface area (Å²) in [6, 6.07) is 8.68. The van der Waals surface area contributed by atoms with Crippen molar-refractivity contribution in [3.8, 4) is 11.5 Å². The Labute approximate surface area is 159 Å². The van der Waals surface area contributed by atoms with Crippen LogP contribution in [-0.2, 0) is 16.1 Å². The maximum Gasteiger partial charge on any atom is 0.338 e. The first kappa shape index (κ1) is 20.4. The van der Waals surface area contributed by atoms with Gasteiger partial charge in [-0.25, -0.2) is 9.59 Å². The van der Waals surface area contributed by atoms with E-state index in [9.17, 15) is 19.7 Å². The first-order valence-electron chi connectivity index (χ1n) is 7.93. The zero-order valence-electron chi connectivity index (χ0n) is 15.1. The van der Waals surface area contributed by atoms with Crippen molar-refractivity contribution in [2.45, 2.75) is 6.61 Å². The minimum Gasteiger partial charge on any atom is -0.496 e. The van der Waals surface area contributed by atoms with Crippen molar-refractivity contribution in [2.75, 3.05) is 14.2 Å². The summed E-state index contributed by atoms with van der Waals surface area (Å²) in [6.45, 7) is -0.0731. The molecule has 0 aliphatic carbocycles. The molecule has 0 heterocycles. The lowest BCUT2D eigenvalue weighted by molar-refractivity contribution is -0.386. The zero-order chi connectivity index (χ0) is 20.7. The number of esters is 1. The second-order valence-electron chi connectivity index (χ2n) is 5.46. The molecule has 9 nitrogen and oxygen atoms in total. The van der Waals surface area contributed by atoms with Gasteiger partial charge in [0.25, 0.3) is 0 Å². The van der Waals surface area contributed by atoms with Crippen LogP contribution in [0.1, 0.15) is 21.5 Å². The molecule has 0 aliphatic heterocycles. The Morgan fingerprint density at radius 3 is 2.46 bits per heavy atom. The summed E-state index contributed by atoms with van der Waals surface area (Å²) < 4.78 is 15.4. The summed E-state index contributed by atoms with van der Waals surface area (Å²) in [5, 5.41) is 20.0. The predicted molar refractivity (Wildman–Crippen MR) is 98.4 cm³/mol. The second kappa shape index (κ2) is 9.17. The van der Waals surface area contributed by atoms with E-state index in [1.54, 1.807) is 18.2 Å². The van der Waals surface area contributed by atoms with E-state index in [0.717, 1.165) is 12.1 Å². The van der Waals surface area contributed by atoms with Gasteiger partial charge in [-0.3, -0.25) is 10.1 Å². The number of carbonyl (C=O) groups is 2. The SMILES string of the molecule is COC(=O)c1ccc(OCc2cc(C=CC(=O)O)ccc2OC)c([N+](=O)[O-])c1. The third-order valence-electron chi connectivity index (χ3n) is 3.68. The van der Waals surface area contributed by atoms with E-state index in [2.05, 4.69) is 4.74 Å². The normalized spacial score (nSPS) is 10.5. The number of ether oxygens (including phenoxy) is 3. The van der Waals surface area contributed by atoms with Crippen molar-refractivity contribution in [3.63, 3.8) is 0 Å². The number of methoxy groups -OCH3 is 2. The number of hydrogen-bond acceptors (Lipinski definition) is 7. The van der Waals surface area contributed by atoms with Crippen LogP contribution in [-0.4, -0.2) is 36.2 Å². The molecule has 0 saturated heterocycles. The Hall–Kier alpha value is -3.88. The maximum absolute atomic E-state index is 11.6. The van der Waals surface area contributed by atoms with Crippen LogP contribution in [0, 0.1) is 10.1 Å². The average Bonchev–Trinajstić information content (AvgIpc) is 2.69. The highest BCUT2D eigenvalue weighted by Gasteiger charge is 2.19. The smallest absolute Gasteiger partial charge is 0.338 e. The number of carbonyl (C=O) groups excluding carboxylic acids is 1. The quantitative estimate of drug-likeness (QED) is 0.317. The fourth-order valence-corrected chi connectivity index (χ4v) is 2.36. The van der Waals surface area contributed by atoms with Gasteiger partial charge in [0.2, 0.25) is 0 Å². The third-order valence-corrected chi connectivity index (χ3v) is 3.68. The largest absolute Gasteiger partial charge is 0.496 e. The molecule has 2 aromatic rings. The van der Waals surface area contributed by atoms with Gasteiger partial charge in [0, 0.05) is 17.7 Å². The molecule has 146 valence electrons. The van der Waals surface area contributed by atoms with Crippen LogP contribution in [0.25, 0.3) is 6.08 Å². The standard InChI is InChI=1S/C19H17NO8/c1-26-16-6-3-12(4-8-18(21)22)9-14(16)11-28-17-7-5-13(19(23)27-2)10-15(17)20(24)25/h3-10H,11H2,1-2H3,(H,21,22). The van der Waals surface area contributed by atoms with Crippen molar-refractivity contribution in [1.29, 1.82) is 0 Å². The Bertz CT molecular complexity index is 936. The number of carboxylic acids is 1. The van der Waals surface area contributed by atoms with Gasteiger partial charge in [0.15, 0.2) is 5.75 Å². The fourth-order valence-electron chi connectivity index (χ4n) is 2.36. The molecule has 28 heavy (non-hydrogen) atoms. The van der Waals surface area contributed by atoms with Crippen LogP contribution < -0.4 is 9.47 Å². The highest BCUT2D eigenvalue weighted by molar-refractivity contribution is 5.90. The molecule has 2 rings (SSSR count). The van der Waals surface area contributed by atoms with Crippen LogP contribution in [0.5, 0.6) is 11.5 Å². The lowest BCUT2D eigenvalue weighted by Crippen LogP contribution is -2.05. The molecule has 0 bridgehead atoms. The fraction of sp³-hybridized carbons (Fsp3) is 0.158. The summed E-state index contributed by atoms with van der Waals surface area (Å²) in [4.78, 5) is 32.9. The number of hydrogen-bond donors (Lipinski definition) is 1. The van der Waals surface area contributed by atoms with E-state index >= 15 is 0 Å². The highest BCUT2D eigenvalue weighted by Crippen LogP contribution is 2.30. The van der Waals surface area contributed by atoms with Crippen LogP contribution >= 0.6 is 0 Å². The van der Waals surface area contributed by atoms with Gasteiger partial charge in [-0.05, 0) is 35.9 Å². The van der Waals surface area contributed by atoms with Crippen molar-refractivity contribution in [2.24, 2.45) is 0 Å². The van der Waals surface area contributed by atoms with Crippen molar-refractivity contribution >= 4 is 23.7 Å². The zero-order valence-corrected chi connectivity index (χ0v) is 15.1. The minimum absolute atomic E-state index is 0.0277. The summed E-state index contributed by atoms with van der Waals surface area (Å²) >= 11 is 0. The Morgan fingerprint density at radius 1 is 1.14 bits per heavy atom. The number of nitrogens with zero attached hydrogens (tertiary/aromatic N) is 1. The van der Waals surface area contributed by atoms with Crippen LogP contribution in [0.4, 0.5) is 5.69 Å². The van der Waals surface area contributed by atoms with Gasteiger partial charge < -0.3 is 19.3 Å². The van der Waals surface area contributed by atoms with E-state index < -0.39 is 16.9 Å². The summed E-state index contributed by atoms with van der Waals surface area (Å²) in [6.07, 6.45) is 2.39. The van der Waals surface area contributed by atoms with E-state index in [1.165, 1.54) is 32.4 Å². The third kappa shape index (κ3) is 5.07. The van der Waals surface area contributed by atoms with Gasteiger partial charge in [-0.15, -0.1) is 0 Å². The molecule has 0 spiro atoms. The lowest BCUT2D eigenvalue weighted by Gasteiger charge is -2.12. The van der Waals surface area contributed by atoms with Gasteiger partial charge >= 0.3 is 17.6 Å². The van der Waals surface area contributed by atoms with E-state index in [1.807, 2.05) is 0 Å². The van der Waals surface area contributed by atoms with E-state index in [-0.39, 0.29) is 23.6 Å². The number of aliphatic carboxylic acids is 1. The maximum atomic E-state index is 11.6. The molecule has 0 amide bonds. The second-order valence-corrected chi connectivity index (χ2v) is 5.46. The molecule has 0 atom stereocenters. The van der Waals surface area contributed by atoms with Crippen molar-refractivity contribution in [1.82, 2.24) is 0 Å². The van der Waals surface area contributed by atoms with Crippen molar-refractivity contribution in [3.05, 3.63) is 69.3 Å². The number of benzene rings is 2. The first-order valence-corrected chi connectivity index (χ1v) is 7.93. The average molecular weight is 387 g/mol. The van der Waals surface area contributed by atoms with E-state index in [4.69, 9.17) is 14.6 Å². The molecule has 0 radical (unpaired) electrons. The Balaban J connectivity index is 2.29. The van der Waals surface area contributed by atoms with Gasteiger partial charge in [-0.2, -0.15) is 0 Å². The van der Waals surface area contributed by atoms with Gasteiger partial charge in [0.05, 0.1) is 24.7 Å². The summed E-state index contributed by atoms with van der Waals surface area (Å²) in [7, 11) is 2.63. The van der Waals surface area contributed by atoms with Crippen molar-refractivity contribution < 1.29 is 33.8 Å².